The van der Waals surface area contributed by atoms with Gasteiger partial charge in [0, 0.05) is 25.4 Å². The maximum absolute atomic E-state index is 11.7. The van der Waals surface area contributed by atoms with Crippen molar-refractivity contribution in [2.24, 2.45) is 5.92 Å². The summed E-state index contributed by atoms with van der Waals surface area (Å²) < 4.78 is 5.29. The van der Waals surface area contributed by atoms with Crippen molar-refractivity contribution in [3.05, 3.63) is 29.8 Å². The molecule has 0 aliphatic carbocycles. The van der Waals surface area contributed by atoms with Crippen LogP contribution in [0.3, 0.4) is 0 Å². The summed E-state index contributed by atoms with van der Waals surface area (Å²) in [5.74, 6) is 3.77. The Kier molecular flexibility index (Phi) is 3.88. The monoisotopic (exact) mass is 243 g/mol. The van der Waals surface area contributed by atoms with E-state index in [-0.39, 0.29) is 11.8 Å². The van der Waals surface area contributed by atoms with E-state index in [9.17, 15) is 4.79 Å². The van der Waals surface area contributed by atoms with Crippen LogP contribution in [0.2, 0.25) is 0 Å². The van der Waals surface area contributed by atoms with Crippen LogP contribution in [0.4, 0.5) is 0 Å². The van der Waals surface area contributed by atoms with Crippen molar-refractivity contribution in [1.82, 2.24) is 4.90 Å². The minimum atomic E-state index is 0.0789. The molecule has 0 bridgehead atoms. The molecule has 3 heteroatoms. The standard InChI is InChI=1S/C15H17NO2/c1-3-12-10-15(17)16(11-12)9-8-13-6-4-5-7-14(13)18-2/h1,4-7,12H,8-11H2,2H3. The summed E-state index contributed by atoms with van der Waals surface area (Å²) >= 11 is 0. The van der Waals surface area contributed by atoms with Crippen LogP contribution >= 0.6 is 0 Å². The molecule has 1 fully saturated rings. The van der Waals surface area contributed by atoms with Gasteiger partial charge in [0.2, 0.25) is 5.91 Å². The quantitative estimate of drug-likeness (QED) is 0.754. The predicted molar refractivity (Wildman–Crippen MR) is 70.2 cm³/mol. The van der Waals surface area contributed by atoms with Crippen LogP contribution in [0.15, 0.2) is 24.3 Å². The van der Waals surface area contributed by atoms with Gasteiger partial charge >= 0.3 is 0 Å². The Bertz CT molecular complexity index is 476. The molecule has 0 N–H and O–H groups in total. The molecule has 0 spiro atoms. The average Bonchev–Trinajstić information content (AvgIpc) is 2.77. The summed E-state index contributed by atoms with van der Waals surface area (Å²) in [7, 11) is 1.66. The van der Waals surface area contributed by atoms with E-state index < -0.39 is 0 Å². The van der Waals surface area contributed by atoms with Crippen LogP contribution in [0.5, 0.6) is 5.75 Å². The SMILES string of the molecule is C#CC1CC(=O)N(CCc2ccccc2OC)C1. The molecule has 0 radical (unpaired) electrons. The average molecular weight is 243 g/mol. The number of nitrogens with zero attached hydrogens (tertiary/aromatic N) is 1. The van der Waals surface area contributed by atoms with E-state index in [1.54, 1.807) is 7.11 Å². The zero-order valence-corrected chi connectivity index (χ0v) is 10.6. The zero-order valence-electron chi connectivity index (χ0n) is 10.6. The van der Waals surface area contributed by atoms with Gasteiger partial charge in [-0.2, -0.15) is 0 Å². The highest BCUT2D eigenvalue weighted by atomic mass is 16.5. The molecular formula is C15H17NO2. The molecule has 1 aliphatic heterocycles. The number of rotatable bonds is 4. The number of para-hydroxylation sites is 1. The molecule has 94 valence electrons. The smallest absolute Gasteiger partial charge is 0.223 e. The molecule has 1 aliphatic rings. The lowest BCUT2D eigenvalue weighted by molar-refractivity contribution is -0.127. The second-order valence-corrected chi connectivity index (χ2v) is 4.47. The molecule has 1 heterocycles. The van der Waals surface area contributed by atoms with E-state index in [0.29, 0.717) is 19.5 Å². The third-order valence-electron chi connectivity index (χ3n) is 3.29. The summed E-state index contributed by atoms with van der Waals surface area (Å²) in [4.78, 5) is 13.6. The molecule has 1 amide bonds. The van der Waals surface area contributed by atoms with E-state index in [1.165, 1.54) is 0 Å². The van der Waals surface area contributed by atoms with Crippen LogP contribution < -0.4 is 4.74 Å². The molecular weight excluding hydrogens is 226 g/mol. The lowest BCUT2D eigenvalue weighted by atomic mass is 10.1. The molecule has 0 aromatic heterocycles. The van der Waals surface area contributed by atoms with E-state index in [1.807, 2.05) is 29.2 Å². The molecule has 1 aromatic rings. The fourth-order valence-electron chi connectivity index (χ4n) is 2.26. The predicted octanol–water partition coefficient (Wildman–Crippen LogP) is 1.72. The Balaban J connectivity index is 1.96. The first-order valence-corrected chi connectivity index (χ1v) is 6.10. The summed E-state index contributed by atoms with van der Waals surface area (Å²) in [6, 6.07) is 7.88. The molecule has 18 heavy (non-hydrogen) atoms. The Hall–Kier alpha value is -1.95. The first-order chi connectivity index (χ1) is 8.74. The Morgan fingerprint density at radius 2 is 2.28 bits per heavy atom. The van der Waals surface area contributed by atoms with Crippen molar-refractivity contribution in [3.63, 3.8) is 0 Å². The zero-order chi connectivity index (χ0) is 13.0. The minimum absolute atomic E-state index is 0.0789. The van der Waals surface area contributed by atoms with Gasteiger partial charge in [0.25, 0.3) is 0 Å². The number of methoxy groups -OCH3 is 1. The first kappa shape index (κ1) is 12.5. The summed E-state index contributed by atoms with van der Waals surface area (Å²) in [5, 5.41) is 0. The van der Waals surface area contributed by atoms with Gasteiger partial charge in [-0.3, -0.25) is 4.79 Å². The van der Waals surface area contributed by atoms with Crippen LogP contribution in [-0.2, 0) is 11.2 Å². The Morgan fingerprint density at radius 1 is 1.50 bits per heavy atom. The van der Waals surface area contributed by atoms with Gasteiger partial charge in [-0.15, -0.1) is 12.3 Å². The maximum atomic E-state index is 11.7. The first-order valence-electron chi connectivity index (χ1n) is 6.10. The van der Waals surface area contributed by atoms with Crippen LogP contribution in [0.1, 0.15) is 12.0 Å². The lowest BCUT2D eigenvalue weighted by Crippen LogP contribution is -2.27. The molecule has 0 saturated carbocycles. The van der Waals surface area contributed by atoms with Crippen LogP contribution in [0, 0.1) is 18.3 Å². The number of likely N-dealkylation sites (tertiary alicyclic amines) is 1. The summed E-state index contributed by atoms with van der Waals surface area (Å²) in [6.07, 6.45) is 6.65. The van der Waals surface area contributed by atoms with Crippen LogP contribution in [-0.4, -0.2) is 31.0 Å². The van der Waals surface area contributed by atoms with E-state index >= 15 is 0 Å². The van der Waals surface area contributed by atoms with E-state index in [0.717, 1.165) is 17.7 Å². The lowest BCUT2D eigenvalue weighted by Gasteiger charge is -2.16. The molecule has 1 unspecified atom stereocenters. The normalized spacial score (nSPS) is 18.8. The van der Waals surface area contributed by atoms with Gasteiger partial charge in [0.1, 0.15) is 5.75 Å². The third kappa shape index (κ3) is 2.65. The molecule has 1 saturated heterocycles. The van der Waals surface area contributed by atoms with Crippen LogP contribution in [0.25, 0.3) is 0 Å². The van der Waals surface area contributed by atoms with Crippen molar-refractivity contribution in [2.75, 3.05) is 20.2 Å². The minimum Gasteiger partial charge on any atom is -0.496 e. The fraction of sp³-hybridized carbons (Fsp3) is 0.400. The van der Waals surface area contributed by atoms with Gasteiger partial charge in [-0.1, -0.05) is 18.2 Å². The number of carbonyl (C=O) groups excluding carboxylic acids is 1. The second kappa shape index (κ2) is 5.59. The van der Waals surface area contributed by atoms with Crippen molar-refractivity contribution in [1.29, 1.82) is 0 Å². The molecule has 1 aromatic carbocycles. The van der Waals surface area contributed by atoms with E-state index in [2.05, 4.69) is 5.92 Å². The number of terminal acetylenes is 1. The molecule has 1 atom stereocenters. The number of amides is 1. The topological polar surface area (TPSA) is 29.5 Å². The highest BCUT2D eigenvalue weighted by molar-refractivity contribution is 5.79. The largest absolute Gasteiger partial charge is 0.496 e. The Labute approximate surface area is 108 Å². The van der Waals surface area contributed by atoms with Gasteiger partial charge in [0.05, 0.1) is 7.11 Å². The van der Waals surface area contributed by atoms with Crippen molar-refractivity contribution in [2.45, 2.75) is 12.8 Å². The van der Waals surface area contributed by atoms with Gasteiger partial charge in [-0.05, 0) is 18.1 Å². The number of benzene rings is 1. The summed E-state index contributed by atoms with van der Waals surface area (Å²) in [6.45, 7) is 1.39. The number of hydrogen-bond donors (Lipinski definition) is 0. The third-order valence-corrected chi connectivity index (χ3v) is 3.29. The fourth-order valence-corrected chi connectivity index (χ4v) is 2.26. The second-order valence-electron chi connectivity index (χ2n) is 4.47. The molecule has 3 nitrogen and oxygen atoms in total. The van der Waals surface area contributed by atoms with Crippen molar-refractivity contribution in [3.8, 4) is 18.1 Å². The maximum Gasteiger partial charge on any atom is 0.223 e. The van der Waals surface area contributed by atoms with E-state index in [4.69, 9.17) is 11.2 Å². The number of ether oxygens (including phenoxy) is 1. The van der Waals surface area contributed by atoms with Crippen molar-refractivity contribution < 1.29 is 9.53 Å². The van der Waals surface area contributed by atoms with Gasteiger partial charge < -0.3 is 9.64 Å². The summed E-state index contributed by atoms with van der Waals surface area (Å²) in [5.41, 5.74) is 1.12. The number of hydrogen-bond acceptors (Lipinski definition) is 2. The van der Waals surface area contributed by atoms with Gasteiger partial charge in [0.15, 0.2) is 0 Å². The van der Waals surface area contributed by atoms with Gasteiger partial charge in [-0.25, -0.2) is 0 Å². The number of carbonyl (C=O) groups is 1. The Morgan fingerprint density at radius 3 is 2.94 bits per heavy atom. The molecule has 2 rings (SSSR count). The highest BCUT2D eigenvalue weighted by Gasteiger charge is 2.27. The van der Waals surface area contributed by atoms with Crippen molar-refractivity contribution >= 4 is 5.91 Å². The highest BCUT2D eigenvalue weighted by Crippen LogP contribution is 2.21.